The maximum Gasteiger partial charge on any atom is 0.264 e. The van der Waals surface area contributed by atoms with Gasteiger partial charge in [-0.25, -0.2) is 13.4 Å². The van der Waals surface area contributed by atoms with Gasteiger partial charge in [0.25, 0.3) is 10.0 Å². The Kier molecular flexibility index (Phi) is 4.55. The number of rotatable bonds is 3. The number of benzene rings is 1. The molecule has 6 nitrogen and oxygen atoms in total. The Bertz CT molecular complexity index is 854. The topological polar surface area (TPSA) is 109 Å². The van der Waals surface area contributed by atoms with Gasteiger partial charge in [-0.15, -0.1) is 0 Å². The van der Waals surface area contributed by atoms with Crippen molar-refractivity contribution in [2.24, 2.45) is 5.73 Å². The van der Waals surface area contributed by atoms with Crippen molar-refractivity contribution in [3.63, 3.8) is 0 Å². The van der Waals surface area contributed by atoms with Crippen molar-refractivity contribution in [3.05, 3.63) is 40.9 Å². The lowest BCUT2D eigenvalue weighted by Crippen LogP contribution is -2.14. The molecule has 3 N–H and O–H groups in total. The molecular formula is C13H10N4O2S2. The number of nitrogens with zero attached hydrogens (tertiary/aromatic N) is 2. The van der Waals surface area contributed by atoms with Gasteiger partial charge in [0.1, 0.15) is 11.0 Å². The average Bonchev–Trinajstić information content (AvgIpc) is 2.91. The van der Waals surface area contributed by atoms with Gasteiger partial charge in [0.15, 0.2) is 5.13 Å². The van der Waals surface area contributed by atoms with E-state index in [1.165, 1.54) is 18.3 Å². The zero-order valence-electron chi connectivity index (χ0n) is 10.7. The van der Waals surface area contributed by atoms with Gasteiger partial charge in [0.2, 0.25) is 0 Å². The summed E-state index contributed by atoms with van der Waals surface area (Å²) in [5.74, 6) is 5.43. The molecule has 0 spiro atoms. The van der Waals surface area contributed by atoms with Gasteiger partial charge in [0, 0.05) is 0 Å². The summed E-state index contributed by atoms with van der Waals surface area (Å²) in [6.07, 6.45) is 1.46. The minimum absolute atomic E-state index is 0.0738. The fourth-order valence-electron chi connectivity index (χ4n) is 1.48. The first-order chi connectivity index (χ1) is 10.1. The molecule has 0 atom stereocenters. The van der Waals surface area contributed by atoms with Gasteiger partial charge >= 0.3 is 0 Å². The van der Waals surface area contributed by atoms with Crippen LogP contribution in [0, 0.1) is 23.2 Å². The normalized spacial score (nSPS) is 10.3. The first-order valence-corrected chi connectivity index (χ1v) is 8.03. The third-order valence-electron chi connectivity index (χ3n) is 2.34. The molecule has 106 valence electrons. The van der Waals surface area contributed by atoms with E-state index in [9.17, 15) is 8.42 Å². The second-order valence-electron chi connectivity index (χ2n) is 3.75. The van der Waals surface area contributed by atoms with Crippen LogP contribution in [0.3, 0.4) is 0 Å². The van der Waals surface area contributed by atoms with Gasteiger partial charge in [-0.05, 0) is 12.1 Å². The van der Waals surface area contributed by atoms with Crippen LogP contribution < -0.4 is 10.5 Å². The zero-order valence-corrected chi connectivity index (χ0v) is 12.3. The van der Waals surface area contributed by atoms with Crippen molar-refractivity contribution in [1.82, 2.24) is 4.98 Å². The van der Waals surface area contributed by atoms with Crippen LogP contribution in [0.4, 0.5) is 5.13 Å². The summed E-state index contributed by atoms with van der Waals surface area (Å²) in [5, 5.41) is 9.15. The molecular weight excluding hydrogens is 308 g/mol. The Morgan fingerprint density at radius 3 is 2.86 bits per heavy atom. The molecule has 0 radical (unpaired) electrons. The number of hydrogen-bond donors (Lipinski definition) is 2. The monoisotopic (exact) mass is 318 g/mol. The highest BCUT2D eigenvalue weighted by Crippen LogP contribution is 2.22. The predicted octanol–water partition coefficient (Wildman–Crippen LogP) is 1.13. The smallest absolute Gasteiger partial charge is 0.264 e. The summed E-state index contributed by atoms with van der Waals surface area (Å²) in [6, 6.07) is 7.80. The minimum Gasteiger partial charge on any atom is -0.320 e. The molecule has 1 aromatic carbocycles. The molecule has 0 amide bonds. The van der Waals surface area contributed by atoms with Gasteiger partial charge in [-0.3, -0.25) is 4.72 Å². The number of nitrogens with one attached hydrogen (secondary N) is 1. The maximum atomic E-state index is 12.3. The van der Waals surface area contributed by atoms with Crippen molar-refractivity contribution in [2.75, 3.05) is 11.3 Å². The fraction of sp³-hybridized carbons (Fsp3) is 0.0769. The molecule has 1 heterocycles. The van der Waals surface area contributed by atoms with Crippen LogP contribution in [-0.2, 0) is 10.0 Å². The molecule has 0 saturated heterocycles. The van der Waals surface area contributed by atoms with E-state index in [0.29, 0.717) is 4.88 Å². The molecule has 0 fully saturated rings. The Morgan fingerprint density at radius 2 is 2.14 bits per heavy atom. The number of nitrogens with two attached hydrogens (primary N) is 1. The van der Waals surface area contributed by atoms with Crippen LogP contribution in [-0.4, -0.2) is 19.9 Å². The highest BCUT2D eigenvalue weighted by atomic mass is 32.2. The molecule has 0 bridgehead atoms. The van der Waals surface area contributed by atoms with Crippen LogP contribution in [0.5, 0.6) is 0 Å². The lowest BCUT2D eigenvalue weighted by atomic mass is 10.2. The number of nitriles is 1. The van der Waals surface area contributed by atoms with Gasteiger partial charge in [-0.1, -0.05) is 35.3 Å². The lowest BCUT2D eigenvalue weighted by molar-refractivity contribution is 0.601. The summed E-state index contributed by atoms with van der Waals surface area (Å²) < 4.78 is 26.8. The molecule has 1 aromatic heterocycles. The van der Waals surface area contributed by atoms with Crippen LogP contribution in [0.1, 0.15) is 10.4 Å². The number of aromatic nitrogens is 1. The van der Waals surface area contributed by atoms with Gasteiger partial charge in [0.05, 0.1) is 23.2 Å². The summed E-state index contributed by atoms with van der Waals surface area (Å²) in [7, 11) is -3.86. The molecule has 2 rings (SSSR count). The maximum absolute atomic E-state index is 12.3. The Labute approximate surface area is 126 Å². The van der Waals surface area contributed by atoms with Crippen LogP contribution in [0.2, 0.25) is 0 Å². The first-order valence-electron chi connectivity index (χ1n) is 5.73. The number of anilines is 1. The number of sulfonamides is 1. The Hall–Kier alpha value is -2.39. The summed E-state index contributed by atoms with van der Waals surface area (Å²) in [4.78, 5) is 4.45. The molecule has 0 aliphatic carbocycles. The van der Waals surface area contributed by atoms with E-state index in [0.717, 1.165) is 11.3 Å². The van der Waals surface area contributed by atoms with Crippen LogP contribution in [0.25, 0.3) is 0 Å². The second kappa shape index (κ2) is 6.37. The van der Waals surface area contributed by atoms with Crippen molar-refractivity contribution >= 4 is 26.5 Å². The van der Waals surface area contributed by atoms with Crippen molar-refractivity contribution in [1.29, 1.82) is 5.26 Å². The highest BCUT2D eigenvalue weighted by Gasteiger charge is 2.19. The van der Waals surface area contributed by atoms with E-state index in [1.54, 1.807) is 12.1 Å². The Morgan fingerprint density at radius 1 is 1.38 bits per heavy atom. The summed E-state index contributed by atoms with van der Waals surface area (Å²) >= 11 is 1.09. The first kappa shape index (κ1) is 15.0. The van der Waals surface area contributed by atoms with Crippen molar-refractivity contribution < 1.29 is 8.42 Å². The Balaban J connectivity index is 2.30. The van der Waals surface area contributed by atoms with Gasteiger partial charge in [-0.2, -0.15) is 5.26 Å². The molecule has 0 aliphatic heterocycles. The van der Waals surface area contributed by atoms with Gasteiger partial charge < -0.3 is 5.73 Å². The standard InChI is InChI=1S/C13H10N4O2S2/c14-7-3-5-11-9-16-13(20-11)17-21(18,19)12-6-2-1-4-10(12)8-15/h1-2,4,6,9H,7,14H2,(H,16,17). The predicted molar refractivity (Wildman–Crippen MR) is 80.0 cm³/mol. The quantitative estimate of drug-likeness (QED) is 0.824. The highest BCUT2D eigenvalue weighted by molar-refractivity contribution is 7.93. The average molecular weight is 318 g/mol. The summed E-state index contributed by atoms with van der Waals surface area (Å²) in [6.45, 7) is 0.217. The van der Waals surface area contributed by atoms with E-state index in [1.807, 2.05) is 6.07 Å². The van der Waals surface area contributed by atoms with Crippen LogP contribution >= 0.6 is 11.3 Å². The third kappa shape index (κ3) is 3.58. The lowest BCUT2D eigenvalue weighted by Gasteiger charge is -2.06. The van der Waals surface area contributed by atoms with Crippen molar-refractivity contribution in [3.8, 4) is 17.9 Å². The second-order valence-corrected chi connectivity index (χ2v) is 6.43. The zero-order chi connectivity index (χ0) is 15.3. The van der Waals surface area contributed by atoms with E-state index in [4.69, 9.17) is 11.0 Å². The molecule has 21 heavy (non-hydrogen) atoms. The SMILES string of the molecule is N#Cc1ccccc1S(=O)(=O)Nc1ncc(C#CCN)s1. The number of thiazole rings is 1. The molecule has 8 heteroatoms. The van der Waals surface area contributed by atoms with E-state index >= 15 is 0 Å². The van der Waals surface area contributed by atoms with E-state index in [-0.39, 0.29) is 22.1 Å². The largest absolute Gasteiger partial charge is 0.320 e. The fourth-order valence-corrected chi connectivity index (χ4v) is 3.57. The summed E-state index contributed by atoms with van der Waals surface area (Å²) in [5.41, 5.74) is 5.34. The van der Waals surface area contributed by atoms with E-state index in [2.05, 4.69) is 21.5 Å². The number of hydrogen-bond acceptors (Lipinski definition) is 6. The molecule has 0 aliphatic rings. The van der Waals surface area contributed by atoms with Crippen molar-refractivity contribution in [2.45, 2.75) is 4.90 Å². The third-order valence-corrected chi connectivity index (χ3v) is 4.69. The van der Waals surface area contributed by atoms with E-state index < -0.39 is 10.0 Å². The molecule has 0 unspecified atom stereocenters. The molecule has 0 saturated carbocycles. The molecule has 2 aromatic rings. The van der Waals surface area contributed by atoms with Crippen LogP contribution in [0.15, 0.2) is 35.4 Å². The minimum atomic E-state index is -3.86.